The number of rotatable bonds is 10. The summed E-state index contributed by atoms with van der Waals surface area (Å²) in [4.78, 5) is 21.4. The van der Waals surface area contributed by atoms with Crippen molar-refractivity contribution in [1.82, 2.24) is 40.4 Å². The average molecular weight is 431 g/mol. The minimum absolute atomic E-state index is 0.00323. The second-order valence-corrected chi connectivity index (χ2v) is 7.62. The SMILES string of the molecule is CCCCc1nc(C(=O)CCC)nn1Cc1ccc(-c2ncccc2-c2nn[nH]n2)cc1. The van der Waals surface area contributed by atoms with E-state index in [0.717, 1.165) is 53.9 Å². The molecule has 4 aromatic rings. The standard InChI is InChI=1S/C23H26N8O/c1-3-5-9-20-25-23(19(32)7-4-2)28-31(20)15-16-10-12-17(13-11-16)21-18(8-6-14-24-21)22-26-29-30-27-22/h6,8,10-14H,3-5,7,9,15H2,1-2H3,(H,26,27,29,30). The van der Waals surface area contributed by atoms with Crippen LogP contribution in [0.15, 0.2) is 42.6 Å². The van der Waals surface area contributed by atoms with E-state index in [-0.39, 0.29) is 5.78 Å². The van der Waals surface area contributed by atoms with Gasteiger partial charge >= 0.3 is 0 Å². The summed E-state index contributed by atoms with van der Waals surface area (Å²) in [6.45, 7) is 4.69. The molecule has 32 heavy (non-hydrogen) atoms. The van der Waals surface area contributed by atoms with Gasteiger partial charge in [0.25, 0.3) is 0 Å². The molecule has 0 radical (unpaired) electrons. The van der Waals surface area contributed by atoms with Crippen LogP contribution in [0.4, 0.5) is 0 Å². The summed E-state index contributed by atoms with van der Waals surface area (Å²) in [5.74, 6) is 1.69. The lowest BCUT2D eigenvalue weighted by molar-refractivity contribution is 0.0971. The first-order valence-corrected chi connectivity index (χ1v) is 10.9. The highest BCUT2D eigenvalue weighted by molar-refractivity contribution is 5.92. The molecule has 0 atom stereocenters. The summed E-state index contributed by atoms with van der Waals surface area (Å²) in [5, 5.41) is 18.8. The van der Waals surface area contributed by atoms with Crippen LogP contribution in [0.5, 0.6) is 0 Å². The van der Waals surface area contributed by atoms with Gasteiger partial charge in [-0.15, -0.1) is 15.3 Å². The third kappa shape index (κ3) is 4.77. The van der Waals surface area contributed by atoms with Gasteiger partial charge in [0.2, 0.25) is 17.4 Å². The number of aryl methyl sites for hydroxylation is 1. The van der Waals surface area contributed by atoms with Gasteiger partial charge in [0.15, 0.2) is 0 Å². The van der Waals surface area contributed by atoms with Crippen LogP contribution < -0.4 is 0 Å². The Bertz CT molecular complexity index is 1170. The molecule has 0 unspecified atom stereocenters. The Morgan fingerprint density at radius 1 is 1.09 bits per heavy atom. The second kappa shape index (κ2) is 10.0. The fraction of sp³-hybridized carbons (Fsp3) is 0.348. The summed E-state index contributed by atoms with van der Waals surface area (Å²) < 4.78 is 1.86. The molecule has 3 heterocycles. The average Bonchev–Trinajstić information content (AvgIpc) is 3.49. The van der Waals surface area contributed by atoms with Crippen LogP contribution in [0.2, 0.25) is 0 Å². The molecule has 9 heteroatoms. The van der Waals surface area contributed by atoms with Crippen molar-refractivity contribution in [3.8, 4) is 22.6 Å². The molecule has 0 saturated heterocycles. The quantitative estimate of drug-likeness (QED) is 0.379. The molecule has 4 rings (SSSR count). The van der Waals surface area contributed by atoms with E-state index in [9.17, 15) is 4.79 Å². The van der Waals surface area contributed by atoms with E-state index in [1.54, 1.807) is 6.20 Å². The van der Waals surface area contributed by atoms with Crippen LogP contribution in [0.3, 0.4) is 0 Å². The molecule has 0 aliphatic rings. The van der Waals surface area contributed by atoms with E-state index < -0.39 is 0 Å². The van der Waals surface area contributed by atoms with E-state index in [2.05, 4.69) is 42.6 Å². The van der Waals surface area contributed by atoms with Crippen molar-refractivity contribution in [3.63, 3.8) is 0 Å². The third-order valence-electron chi connectivity index (χ3n) is 5.18. The molecule has 0 bridgehead atoms. The first-order valence-electron chi connectivity index (χ1n) is 10.9. The molecule has 0 spiro atoms. The zero-order valence-corrected chi connectivity index (χ0v) is 18.3. The van der Waals surface area contributed by atoms with E-state index in [0.29, 0.717) is 24.6 Å². The lowest BCUT2D eigenvalue weighted by atomic mass is 10.0. The fourth-order valence-electron chi connectivity index (χ4n) is 3.51. The largest absolute Gasteiger partial charge is 0.291 e. The normalized spacial score (nSPS) is 11.1. The zero-order chi connectivity index (χ0) is 22.3. The Hall–Kier alpha value is -3.75. The molecule has 0 aliphatic carbocycles. The number of pyridine rings is 1. The van der Waals surface area contributed by atoms with Gasteiger partial charge in [-0.1, -0.05) is 44.5 Å². The van der Waals surface area contributed by atoms with Gasteiger partial charge in [0, 0.05) is 30.2 Å². The van der Waals surface area contributed by atoms with Crippen LogP contribution in [0.1, 0.15) is 61.5 Å². The maximum atomic E-state index is 12.3. The maximum Gasteiger partial charge on any atom is 0.217 e. The Balaban J connectivity index is 1.58. The van der Waals surface area contributed by atoms with Gasteiger partial charge in [-0.25, -0.2) is 9.67 Å². The van der Waals surface area contributed by atoms with Crippen LogP contribution in [0, 0.1) is 0 Å². The number of aromatic nitrogens is 8. The highest BCUT2D eigenvalue weighted by atomic mass is 16.1. The molecule has 0 amide bonds. The van der Waals surface area contributed by atoms with E-state index >= 15 is 0 Å². The van der Waals surface area contributed by atoms with Crippen molar-refractivity contribution in [2.24, 2.45) is 0 Å². The molecular formula is C23H26N8O. The number of nitrogens with one attached hydrogen (secondary N) is 1. The number of benzene rings is 1. The number of unbranched alkanes of at least 4 members (excludes halogenated alkanes) is 1. The Kier molecular flexibility index (Phi) is 6.74. The summed E-state index contributed by atoms with van der Waals surface area (Å²) in [6, 6.07) is 11.9. The van der Waals surface area contributed by atoms with Crippen molar-refractivity contribution >= 4 is 5.78 Å². The number of H-pyrrole nitrogens is 1. The predicted octanol–water partition coefficient (Wildman–Crippen LogP) is 3.89. The predicted molar refractivity (Wildman–Crippen MR) is 120 cm³/mol. The van der Waals surface area contributed by atoms with Crippen molar-refractivity contribution < 1.29 is 4.79 Å². The summed E-state index contributed by atoms with van der Waals surface area (Å²) in [7, 11) is 0. The molecule has 1 aromatic carbocycles. The monoisotopic (exact) mass is 430 g/mol. The Morgan fingerprint density at radius 2 is 1.94 bits per heavy atom. The fourth-order valence-corrected chi connectivity index (χ4v) is 3.51. The molecule has 0 fully saturated rings. The number of hydrogen-bond donors (Lipinski definition) is 1. The minimum atomic E-state index is 0.00323. The summed E-state index contributed by atoms with van der Waals surface area (Å²) >= 11 is 0. The van der Waals surface area contributed by atoms with Gasteiger partial charge in [-0.2, -0.15) is 5.21 Å². The molecule has 3 aromatic heterocycles. The number of tetrazole rings is 1. The van der Waals surface area contributed by atoms with Crippen LogP contribution in [-0.4, -0.2) is 46.2 Å². The molecule has 164 valence electrons. The molecule has 0 aliphatic heterocycles. The van der Waals surface area contributed by atoms with Crippen LogP contribution in [-0.2, 0) is 13.0 Å². The Morgan fingerprint density at radius 3 is 2.66 bits per heavy atom. The van der Waals surface area contributed by atoms with Gasteiger partial charge in [0.05, 0.1) is 12.2 Å². The van der Waals surface area contributed by atoms with Gasteiger partial charge < -0.3 is 0 Å². The highest BCUT2D eigenvalue weighted by Gasteiger charge is 2.16. The maximum absolute atomic E-state index is 12.3. The topological polar surface area (TPSA) is 115 Å². The number of carbonyl (C=O) groups is 1. The first-order chi connectivity index (χ1) is 15.7. The van der Waals surface area contributed by atoms with Crippen molar-refractivity contribution in [2.45, 2.75) is 52.5 Å². The molecule has 1 N–H and O–H groups in total. The van der Waals surface area contributed by atoms with Crippen LogP contribution in [0.25, 0.3) is 22.6 Å². The van der Waals surface area contributed by atoms with Crippen molar-refractivity contribution in [1.29, 1.82) is 0 Å². The Labute approximate surface area is 186 Å². The zero-order valence-electron chi connectivity index (χ0n) is 18.3. The smallest absolute Gasteiger partial charge is 0.217 e. The van der Waals surface area contributed by atoms with E-state index in [1.165, 1.54) is 0 Å². The first kappa shape index (κ1) is 21.5. The minimum Gasteiger partial charge on any atom is -0.291 e. The molecule has 9 nitrogen and oxygen atoms in total. The second-order valence-electron chi connectivity index (χ2n) is 7.62. The number of ketones is 1. The van der Waals surface area contributed by atoms with Gasteiger partial charge in [0.1, 0.15) is 5.82 Å². The summed E-state index contributed by atoms with van der Waals surface area (Å²) in [6.07, 6.45) is 5.89. The highest BCUT2D eigenvalue weighted by Crippen LogP contribution is 2.27. The van der Waals surface area contributed by atoms with E-state index in [1.807, 2.05) is 48.0 Å². The lowest BCUT2D eigenvalue weighted by Gasteiger charge is -2.08. The lowest BCUT2D eigenvalue weighted by Crippen LogP contribution is -2.08. The summed E-state index contributed by atoms with van der Waals surface area (Å²) in [5.41, 5.74) is 3.63. The number of hydrogen-bond acceptors (Lipinski definition) is 7. The van der Waals surface area contributed by atoms with Gasteiger partial charge in [-0.3, -0.25) is 9.78 Å². The van der Waals surface area contributed by atoms with Crippen LogP contribution >= 0.6 is 0 Å². The van der Waals surface area contributed by atoms with Crippen molar-refractivity contribution in [2.75, 3.05) is 0 Å². The number of carbonyl (C=O) groups excluding carboxylic acids is 1. The molecular weight excluding hydrogens is 404 g/mol. The number of Topliss-reactive ketones (excluding diaryl/α,β-unsaturated/α-hetero) is 1. The number of nitrogens with zero attached hydrogens (tertiary/aromatic N) is 7. The van der Waals surface area contributed by atoms with Crippen molar-refractivity contribution in [3.05, 3.63) is 59.8 Å². The van der Waals surface area contributed by atoms with E-state index in [4.69, 9.17) is 0 Å². The third-order valence-corrected chi connectivity index (χ3v) is 5.18. The number of aromatic amines is 1. The molecule has 0 saturated carbocycles. The van der Waals surface area contributed by atoms with Gasteiger partial charge in [-0.05, 0) is 35.8 Å².